The second kappa shape index (κ2) is 12.3. The van der Waals surface area contributed by atoms with Crippen molar-refractivity contribution in [2.75, 3.05) is 0 Å². The van der Waals surface area contributed by atoms with Crippen LogP contribution in [0.4, 0.5) is 0 Å². The summed E-state index contributed by atoms with van der Waals surface area (Å²) in [5, 5.41) is 0. The molecule has 0 aliphatic heterocycles. The molecule has 0 heterocycles. The largest absolute Gasteiger partial charge is 0.298 e. The summed E-state index contributed by atoms with van der Waals surface area (Å²) < 4.78 is 0. The molecule has 1 saturated carbocycles. The highest BCUT2D eigenvalue weighted by Crippen LogP contribution is 2.36. The minimum Gasteiger partial charge on any atom is -0.298 e. The molecule has 220 valence electrons. The molecule has 0 N–H and O–H groups in total. The summed E-state index contributed by atoms with van der Waals surface area (Å²) in [6.07, 6.45) is 9.78. The first kappa shape index (κ1) is 31.3. The highest BCUT2D eigenvalue weighted by atomic mass is 16.1. The highest BCUT2D eigenvalue weighted by Gasteiger charge is 2.23. The molecule has 3 aromatic carbocycles. The van der Waals surface area contributed by atoms with E-state index < -0.39 is 0 Å². The molecule has 0 atom stereocenters. The van der Waals surface area contributed by atoms with Gasteiger partial charge in [-0.15, -0.1) is 0 Å². The summed E-state index contributed by atoms with van der Waals surface area (Å²) in [5.74, 6) is 1.76. The summed E-state index contributed by atoms with van der Waals surface area (Å²) in [6, 6.07) is 2.51. The monoisotopic (exact) mass is 550 g/mol. The van der Waals surface area contributed by atoms with E-state index in [1.165, 1.54) is 104 Å². The van der Waals surface area contributed by atoms with Crippen molar-refractivity contribution in [2.45, 2.75) is 128 Å². The normalized spacial score (nSPS) is 17.3. The molecule has 0 spiro atoms. The average Bonchev–Trinajstić information content (AvgIpc) is 2.94. The first-order valence-corrected chi connectivity index (χ1v) is 16.0. The molecular formula is C40H54O. The van der Waals surface area contributed by atoms with E-state index in [0.29, 0.717) is 0 Å². The van der Waals surface area contributed by atoms with Crippen molar-refractivity contribution < 1.29 is 4.79 Å². The van der Waals surface area contributed by atoms with E-state index in [-0.39, 0.29) is 0 Å². The van der Waals surface area contributed by atoms with Crippen LogP contribution in [0.2, 0.25) is 0 Å². The van der Waals surface area contributed by atoms with Gasteiger partial charge in [0.25, 0.3) is 0 Å². The SMILES string of the molecule is Cc1cc(Cc2c(C)c(C)c(Cc3c(C)c(C)c(C=O)c(C)c3C)c(C)c2C)c(C)c(C)c1CC1CCC(C)CC1. The minimum atomic E-state index is 0.852. The maximum absolute atomic E-state index is 11.8. The molecule has 0 amide bonds. The van der Waals surface area contributed by atoms with Crippen LogP contribution in [0.15, 0.2) is 6.07 Å². The molecule has 4 rings (SSSR count). The van der Waals surface area contributed by atoms with Gasteiger partial charge in [-0.3, -0.25) is 4.79 Å². The predicted molar refractivity (Wildman–Crippen MR) is 177 cm³/mol. The van der Waals surface area contributed by atoms with Gasteiger partial charge in [0.2, 0.25) is 0 Å². The summed E-state index contributed by atoms with van der Waals surface area (Å²) in [6.45, 7) is 27.4. The first-order chi connectivity index (χ1) is 19.3. The minimum absolute atomic E-state index is 0.852. The summed E-state index contributed by atoms with van der Waals surface area (Å²) in [4.78, 5) is 11.8. The van der Waals surface area contributed by atoms with E-state index in [9.17, 15) is 4.79 Å². The van der Waals surface area contributed by atoms with E-state index in [0.717, 1.165) is 47.7 Å². The number of aldehydes is 1. The van der Waals surface area contributed by atoms with Crippen LogP contribution in [0.1, 0.15) is 132 Å². The number of rotatable bonds is 7. The maximum Gasteiger partial charge on any atom is 0.150 e. The van der Waals surface area contributed by atoms with Crippen molar-refractivity contribution >= 4 is 6.29 Å². The van der Waals surface area contributed by atoms with Crippen molar-refractivity contribution in [1.82, 2.24) is 0 Å². The molecule has 1 aliphatic rings. The van der Waals surface area contributed by atoms with Crippen LogP contribution < -0.4 is 0 Å². The number of carbonyl (C=O) groups is 1. The number of aryl methyl sites for hydroxylation is 1. The van der Waals surface area contributed by atoms with Crippen LogP contribution in [0.5, 0.6) is 0 Å². The van der Waals surface area contributed by atoms with Crippen LogP contribution in [-0.2, 0) is 19.3 Å². The van der Waals surface area contributed by atoms with Crippen LogP contribution in [0.25, 0.3) is 0 Å². The molecule has 1 nitrogen and oxygen atoms in total. The zero-order chi connectivity index (χ0) is 30.3. The lowest BCUT2D eigenvalue weighted by molar-refractivity contribution is 0.112. The molecule has 1 aliphatic carbocycles. The molecule has 1 fully saturated rings. The van der Waals surface area contributed by atoms with Crippen molar-refractivity contribution in [3.05, 3.63) is 101 Å². The van der Waals surface area contributed by atoms with Crippen molar-refractivity contribution in [3.63, 3.8) is 0 Å². The zero-order valence-electron chi connectivity index (χ0n) is 28.2. The second-order valence-electron chi connectivity index (χ2n) is 13.7. The van der Waals surface area contributed by atoms with E-state index >= 15 is 0 Å². The van der Waals surface area contributed by atoms with Gasteiger partial charge in [-0.2, -0.15) is 0 Å². The van der Waals surface area contributed by atoms with Crippen LogP contribution in [0, 0.1) is 88.0 Å². The number of benzene rings is 3. The van der Waals surface area contributed by atoms with Gasteiger partial charge >= 0.3 is 0 Å². The van der Waals surface area contributed by atoms with Crippen molar-refractivity contribution in [2.24, 2.45) is 11.8 Å². The Hall–Kier alpha value is -2.67. The van der Waals surface area contributed by atoms with E-state index in [1.54, 1.807) is 5.56 Å². The van der Waals surface area contributed by atoms with Gasteiger partial charge in [0.15, 0.2) is 6.29 Å². The molecule has 0 radical (unpaired) electrons. The Morgan fingerprint density at radius 1 is 0.561 bits per heavy atom. The third kappa shape index (κ3) is 5.84. The second-order valence-corrected chi connectivity index (χ2v) is 13.7. The number of hydrogen-bond donors (Lipinski definition) is 0. The Balaban J connectivity index is 1.69. The molecule has 0 saturated heterocycles. The molecule has 3 aromatic rings. The Bertz CT molecular complexity index is 1430. The molecular weight excluding hydrogens is 496 g/mol. The van der Waals surface area contributed by atoms with Gasteiger partial charge in [-0.1, -0.05) is 25.8 Å². The van der Waals surface area contributed by atoms with Gasteiger partial charge in [-0.25, -0.2) is 0 Å². The lowest BCUT2D eigenvalue weighted by Crippen LogP contribution is -2.16. The fourth-order valence-corrected chi connectivity index (χ4v) is 7.77. The standard InChI is InChI=1S/C40H54O/c1-22-13-15-34(16-14-22)18-36-23(2)17-35(24(3)25(36)4)19-37-26(5)28(7)38(29(8)27(37)6)20-39-30(9)32(11)40(21-41)33(12)31(39)10/h17,21-22,34H,13-16,18-20H2,1-12H3. The summed E-state index contributed by atoms with van der Waals surface area (Å²) in [5.41, 5.74) is 23.3. The molecule has 1 heteroatoms. The highest BCUT2D eigenvalue weighted by molar-refractivity contribution is 5.81. The maximum atomic E-state index is 11.8. The van der Waals surface area contributed by atoms with Gasteiger partial charge in [-0.05, 0) is 209 Å². The van der Waals surface area contributed by atoms with E-state index in [2.05, 4.69) is 89.2 Å². The smallest absolute Gasteiger partial charge is 0.150 e. The summed E-state index contributed by atoms with van der Waals surface area (Å²) in [7, 11) is 0. The summed E-state index contributed by atoms with van der Waals surface area (Å²) >= 11 is 0. The lowest BCUT2D eigenvalue weighted by atomic mass is 9.77. The Labute approximate surface area is 251 Å². The molecule has 0 bridgehead atoms. The van der Waals surface area contributed by atoms with Gasteiger partial charge in [0, 0.05) is 5.56 Å². The van der Waals surface area contributed by atoms with Gasteiger partial charge < -0.3 is 0 Å². The lowest BCUT2D eigenvalue weighted by Gasteiger charge is -2.28. The van der Waals surface area contributed by atoms with Crippen LogP contribution >= 0.6 is 0 Å². The van der Waals surface area contributed by atoms with E-state index in [4.69, 9.17) is 0 Å². The van der Waals surface area contributed by atoms with Crippen molar-refractivity contribution in [3.8, 4) is 0 Å². The zero-order valence-corrected chi connectivity index (χ0v) is 28.2. The topological polar surface area (TPSA) is 17.1 Å². The first-order valence-electron chi connectivity index (χ1n) is 16.0. The molecule has 41 heavy (non-hydrogen) atoms. The van der Waals surface area contributed by atoms with E-state index in [1.807, 2.05) is 0 Å². The third-order valence-corrected chi connectivity index (χ3v) is 11.6. The fraction of sp³-hybridized carbons (Fsp3) is 0.525. The van der Waals surface area contributed by atoms with Gasteiger partial charge in [0.1, 0.15) is 0 Å². The number of hydrogen-bond acceptors (Lipinski definition) is 1. The van der Waals surface area contributed by atoms with Gasteiger partial charge in [0.05, 0.1) is 0 Å². The van der Waals surface area contributed by atoms with Crippen molar-refractivity contribution in [1.29, 1.82) is 0 Å². The average molecular weight is 551 g/mol. The Morgan fingerprint density at radius 2 is 0.976 bits per heavy atom. The Morgan fingerprint density at radius 3 is 1.44 bits per heavy atom. The van der Waals surface area contributed by atoms with Crippen LogP contribution in [0.3, 0.4) is 0 Å². The van der Waals surface area contributed by atoms with Crippen LogP contribution in [-0.4, -0.2) is 6.29 Å². The predicted octanol–water partition coefficient (Wildman–Crippen LogP) is 10.4. The third-order valence-electron chi connectivity index (χ3n) is 11.6. The molecule has 0 unspecified atom stereocenters. The Kier molecular flexibility index (Phi) is 9.37. The number of carbonyl (C=O) groups excluding carboxylic acids is 1. The molecule has 0 aromatic heterocycles. The fourth-order valence-electron chi connectivity index (χ4n) is 7.77. The quantitative estimate of drug-likeness (QED) is 0.267.